The van der Waals surface area contributed by atoms with E-state index in [-0.39, 0.29) is 0 Å². The summed E-state index contributed by atoms with van der Waals surface area (Å²) in [4.78, 5) is 0. The van der Waals surface area contributed by atoms with Gasteiger partial charge in [0, 0.05) is 12.6 Å². The van der Waals surface area contributed by atoms with E-state index in [9.17, 15) is 0 Å². The lowest BCUT2D eigenvalue weighted by atomic mass is 10.0. The molecule has 2 unspecified atom stereocenters. The summed E-state index contributed by atoms with van der Waals surface area (Å²) >= 11 is 0. The molecule has 2 rings (SSSR count). The highest BCUT2D eigenvalue weighted by Gasteiger charge is 2.14. The molecule has 1 aromatic rings. The molecule has 0 radical (unpaired) electrons. The van der Waals surface area contributed by atoms with E-state index >= 15 is 0 Å². The van der Waals surface area contributed by atoms with Crippen LogP contribution in [0, 0.1) is 0 Å². The number of aryl methyl sites for hydroxylation is 1. The molecule has 1 N–H and O–H groups in total. The number of ether oxygens (including phenoxy) is 1. The Labute approximate surface area is 117 Å². The van der Waals surface area contributed by atoms with Crippen molar-refractivity contribution in [1.29, 1.82) is 0 Å². The van der Waals surface area contributed by atoms with Crippen LogP contribution in [-0.4, -0.2) is 19.3 Å². The second kappa shape index (κ2) is 7.66. The molecule has 1 aromatic carbocycles. The number of hydrogen-bond donors (Lipinski definition) is 1. The summed E-state index contributed by atoms with van der Waals surface area (Å²) in [6, 6.07) is 9.41. The van der Waals surface area contributed by atoms with Gasteiger partial charge in [-0.25, -0.2) is 0 Å². The molecule has 1 fully saturated rings. The van der Waals surface area contributed by atoms with Crippen LogP contribution in [-0.2, 0) is 11.2 Å². The second-order valence-electron chi connectivity index (χ2n) is 5.55. The Kier molecular flexibility index (Phi) is 5.87. The average molecular weight is 261 g/mol. The van der Waals surface area contributed by atoms with Crippen molar-refractivity contribution in [2.45, 2.75) is 58.1 Å². The van der Waals surface area contributed by atoms with Crippen molar-refractivity contribution < 1.29 is 4.74 Å². The van der Waals surface area contributed by atoms with E-state index in [4.69, 9.17) is 4.74 Å². The van der Waals surface area contributed by atoms with Gasteiger partial charge >= 0.3 is 0 Å². The predicted octanol–water partition coefficient (Wildman–Crippen LogP) is 3.86. The summed E-state index contributed by atoms with van der Waals surface area (Å²) in [6.45, 7) is 6.49. The van der Waals surface area contributed by atoms with Crippen molar-refractivity contribution in [3.05, 3.63) is 35.4 Å². The van der Waals surface area contributed by atoms with Gasteiger partial charge in [-0.15, -0.1) is 0 Å². The van der Waals surface area contributed by atoms with Gasteiger partial charge in [-0.1, -0.05) is 31.2 Å². The van der Waals surface area contributed by atoms with Gasteiger partial charge in [-0.3, -0.25) is 0 Å². The van der Waals surface area contributed by atoms with E-state index < -0.39 is 0 Å². The topological polar surface area (TPSA) is 21.3 Å². The molecule has 0 amide bonds. The molecule has 2 heteroatoms. The second-order valence-corrected chi connectivity index (χ2v) is 5.55. The van der Waals surface area contributed by atoms with Gasteiger partial charge in [0.15, 0.2) is 0 Å². The standard InChI is InChI=1S/C17H27NO/c1-3-15-8-10-16(11-9-15)14(2)18-12-4-6-17-7-5-13-19-17/h8-11,14,17-18H,3-7,12-13H2,1-2H3. The fourth-order valence-corrected chi connectivity index (χ4v) is 2.68. The first kappa shape index (κ1) is 14.5. The fraction of sp³-hybridized carbons (Fsp3) is 0.647. The Morgan fingerprint density at radius 2 is 2.11 bits per heavy atom. The van der Waals surface area contributed by atoms with Crippen molar-refractivity contribution >= 4 is 0 Å². The summed E-state index contributed by atoms with van der Waals surface area (Å²) in [5, 5.41) is 3.60. The molecule has 0 spiro atoms. The van der Waals surface area contributed by atoms with Crippen LogP contribution in [0.5, 0.6) is 0 Å². The minimum absolute atomic E-state index is 0.440. The van der Waals surface area contributed by atoms with Crippen LogP contribution < -0.4 is 5.32 Å². The van der Waals surface area contributed by atoms with E-state index in [1.807, 2.05) is 0 Å². The van der Waals surface area contributed by atoms with Gasteiger partial charge < -0.3 is 10.1 Å². The lowest BCUT2D eigenvalue weighted by Gasteiger charge is -2.15. The van der Waals surface area contributed by atoms with Gasteiger partial charge in [0.1, 0.15) is 0 Å². The maximum atomic E-state index is 5.64. The van der Waals surface area contributed by atoms with Crippen LogP contribution >= 0.6 is 0 Å². The van der Waals surface area contributed by atoms with Gasteiger partial charge in [0.25, 0.3) is 0 Å². The highest BCUT2D eigenvalue weighted by molar-refractivity contribution is 5.24. The molecule has 0 aromatic heterocycles. The Balaban J connectivity index is 1.66. The zero-order chi connectivity index (χ0) is 13.5. The molecule has 1 heterocycles. The highest BCUT2D eigenvalue weighted by atomic mass is 16.5. The molecule has 0 saturated carbocycles. The molecular formula is C17H27NO. The predicted molar refractivity (Wildman–Crippen MR) is 80.4 cm³/mol. The molecule has 19 heavy (non-hydrogen) atoms. The van der Waals surface area contributed by atoms with Crippen molar-refractivity contribution in [2.75, 3.05) is 13.2 Å². The zero-order valence-corrected chi connectivity index (χ0v) is 12.3. The lowest BCUT2D eigenvalue weighted by molar-refractivity contribution is 0.102. The molecular weight excluding hydrogens is 234 g/mol. The fourth-order valence-electron chi connectivity index (χ4n) is 2.68. The summed E-state index contributed by atoms with van der Waals surface area (Å²) in [7, 11) is 0. The van der Waals surface area contributed by atoms with E-state index in [0.29, 0.717) is 12.1 Å². The Morgan fingerprint density at radius 1 is 1.32 bits per heavy atom. The number of benzene rings is 1. The van der Waals surface area contributed by atoms with Crippen LogP contribution in [0.15, 0.2) is 24.3 Å². The molecule has 0 aliphatic carbocycles. The normalized spacial score (nSPS) is 20.6. The number of rotatable bonds is 7. The average Bonchev–Trinajstić information content (AvgIpc) is 2.96. The minimum Gasteiger partial charge on any atom is -0.378 e. The quantitative estimate of drug-likeness (QED) is 0.753. The largest absolute Gasteiger partial charge is 0.378 e. The molecule has 106 valence electrons. The number of nitrogens with one attached hydrogen (secondary N) is 1. The van der Waals surface area contributed by atoms with Crippen LogP contribution in [0.3, 0.4) is 0 Å². The Bertz CT molecular complexity index is 354. The number of hydrogen-bond acceptors (Lipinski definition) is 2. The van der Waals surface area contributed by atoms with Crippen molar-refractivity contribution in [2.24, 2.45) is 0 Å². The van der Waals surface area contributed by atoms with Crippen LogP contribution in [0.1, 0.15) is 56.7 Å². The van der Waals surface area contributed by atoms with Crippen LogP contribution in [0.4, 0.5) is 0 Å². The highest BCUT2D eigenvalue weighted by Crippen LogP contribution is 2.17. The molecule has 0 bridgehead atoms. The maximum absolute atomic E-state index is 5.64. The van der Waals surface area contributed by atoms with Crippen LogP contribution in [0.25, 0.3) is 0 Å². The lowest BCUT2D eigenvalue weighted by Crippen LogP contribution is -2.21. The van der Waals surface area contributed by atoms with Gasteiger partial charge in [-0.2, -0.15) is 0 Å². The van der Waals surface area contributed by atoms with E-state index in [1.165, 1.54) is 36.8 Å². The third-order valence-electron chi connectivity index (χ3n) is 4.07. The molecule has 2 nitrogen and oxygen atoms in total. The maximum Gasteiger partial charge on any atom is 0.0576 e. The summed E-state index contributed by atoms with van der Waals surface area (Å²) in [5.41, 5.74) is 2.80. The van der Waals surface area contributed by atoms with Gasteiger partial charge in [-0.05, 0) is 56.7 Å². The van der Waals surface area contributed by atoms with Gasteiger partial charge in [0.05, 0.1) is 6.10 Å². The van der Waals surface area contributed by atoms with Gasteiger partial charge in [0.2, 0.25) is 0 Å². The first-order chi connectivity index (χ1) is 9.29. The van der Waals surface area contributed by atoms with E-state index in [0.717, 1.165) is 19.6 Å². The van der Waals surface area contributed by atoms with Crippen molar-refractivity contribution in [3.8, 4) is 0 Å². The van der Waals surface area contributed by atoms with E-state index in [2.05, 4.69) is 43.4 Å². The zero-order valence-electron chi connectivity index (χ0n) is 12.3. The third kappa shape index (κ3) is 4.63. The Hall–Kier alpha value is -0.860. The molecule has 1 aliphatic rings. The van der Waals surface area contributed by atoms with Crippen molar-refractivity contribution in [3.63, 3.8) is 0 Å². The molecule has 1 aliphatic heterocycles. The summed E-state index contributed by atoms with van der Waals surface area (Å²) in [5.74, 6) is 0. The monoisotopic (exact) mass is 261 g/mol. The summed E-state index contributed by atoms with van der Waals surface area (Å²) in [6.07, 6.45) is 6.56. The van der Waals surface area contributed by atoms with Crippen molar-refractivity contribution in [1.82, 2.24) is 5.32 Å². The summed E-state index contributed by atoms with van der Waals surface area (Å²) < 4.78 is 5.64. The van der Waals surface area contributed by atoms with Crippen LogP contribution in [0.2, 0.25) is 0 Å². The Morgan fingerprint density at radius 3 is 2.74 bits per heavy atom. The first-order valence-corrected chi connectivity index (χ1v) is 7.73. The van der Waals surface area contributed by atoms with E-state index in [1.54, 1.807) is 0 Å². The SMILES string of the molecule is CCc1ccc(C(C)NCCCC2CCCO2)cc1. The first-order valence-electron chi connectivity index (χ1n) is 7.73. The third-order valence-corrected chi connectivity index (χ3v) is 4.07. The molecule has 1 saturated heterocycles. The molecule has 2 atom stereocenters. The smallest absolute Gasteiger partial charge is 0.0576 e. The minimum atomic E-state index is 0.440.